The zero-order valence-corrected chi connectivity index (χ0v) is 17.1. The second-order valence-electron chi connectivity index (χ2n) is 6.23. The van der Waals surface area contributed by atoms with Gasteiger partial charge in [0.2, 0.25) is 5.91 Å². The first-order valence-corrected chi connectivity index (χ1v) is 9.99. The van der Waals surface area contributed by atoms with E-state index in [0.29, 0.717) is 48.1 Å². The number of hydrogen-bond donors (Lipinski definition) is 2. The number of unbranched alkanes of at least 4 members (excludes halogenated alkanes) is 1. The largest absolute Gasteiger partial charge is 0.494 e. The van der Waals surface area contributed by atoms with Crippen LogP contribution in [-0.2, 0) is 4.79 Å². The molecule has 2 aromatic rings. The Bertz CT molecular complexity index is 749. The van der Waals surface area contributed by atoms with Crippen LogP contribution in [0.4, 0.5) is 0 Å². The average Bonchev–Trinajstić information content (AvgIpc) is 2.69. The van der Waals surface area contributed by atoms with E-state index in [-0.39, 0.29) is 11.8 Å². The van der Waals surface area contributed by atoms with Crippen molar-refractivity contribution in [3.63, 3.8) is 0 Å². The zero-order valence-electron chi connectivity index (χ0n) is 15.5. The summed E-state index contributed by atoms with van der Waals surface area (Å²) in [6, 6.07) is 13.9. The minimum Gasteiger partial charge on any atom is -0.494 e. The van der Waals surface area contributed by atoms with Gasteiger partial charge in [-0.25, -0.2) is 0 Å². The topological polar surface area (TPSA) is 67.4 Å². The van der Waals surface area contributed by atoms with Gasteiger partial charge in [-0.05, 0) is 67.8 Å². The summed E-state index contributed by atoms with van der Waals surface area (Å²) >= 11 is 11.6. The van der Waals surface area contributed by atoms with Gasteiger partial charge in [0.25, 0.3) is 5.91 Å². The molecule has 0 fully saturated rings. The summed E-state index contributed by atoms with van der Waals surface area (Å²) in [4.78, 5) is 23.7. The zero-order chi connectivity index (χ0) is 20.2. The van der Waals surface area contributed by atoms with Crippen LogP contribution in [0.2, 0.25) is 10.0 Å². The van der Waals surface area contributed by atoms with Crippen LogP contribution in [0.5, 0.6) is 5.75 Å². The molecule has 0 bridgehead atoms. The quantitative estimate of drug-likeness (QED) is 0.524. The first-order chi connectivity index (χ1) is 13.5. The van der Waals surface area contributed by atoms with Gasteiger partial charge in [-0.1, -0.05) is 23.2 Å². The smallest absolute Gasteiger partial charge is 0.251 e. The molecule has 0 atom stereocenters. The Morgan fingerprint density at radius 3 is 2.07 bits per heavy atom. The number of nitrogens with one attached hydrogen (secondary N) is 2. The van der Waals surface area contributed by atoms with E-state index in [1.54, 1.807) is 36.4 Å². The summed E-state index contributed by atoms with van der Waals surface area (Å²) in [7, 11) is 0. The second kappa shape index (κ2) is 12.3. The lowest BCUT2D eigenvalue weighted by Crippen LogP contribution is -2.28. The summed E-state index contributed by atoms with van der Waals surface area (Å²) in [6.45, 7) is 1.65. The highest BCUT2D eigenvalue weighted by Gasteiger charge is 2.05. The van der Waals surface area contributed by atoms with E-state index in [1.165, 1.54) is 0 Å². The SMILES string of the molecule is O=C(CCCNC(=O)c1ccc(Cl)cc1)NCCCCOc1ccc(Cl)cc1. The van der Waals surface area contributed by atoms with E-state index in [4.69, 9.17) is 27.9 Å². The first kappa shape index (κ1) is 22.1. The predicted octanol–water partition coefficient (Wildman–Crippen LogP) is 4.48. The van der Waals surface area contributed by atoms with Gasteiger partial charge in [-0.2, -0.15) is 0 Å². The molecule has 2 amide bonds. The van der Waals surface area contributed by atoms with Crippen molar-refractivity contribution in [1.82, 2.24) is 10.6 Å². The molecule has 2 N–H and O–H groups in total. The molecule has 28 heavy (non-hydrogen) atoms. The molecule has 150 valence electrons. The van der Waals surface area contributed by atoms with Crippen LogP contribution >= 0.6 is 23.2 Å². The van der Waals surface area contributed by atoms with Crippen molar-refractivity contribution in [2.75, 3.05) is 19.7 Å². The number of ether oxygens (including phenoxy) is 1. The van der Waals surface area contributed by atoms with Crippen LogP contribution in [0.1, 0.15) is 36.0 Å². The fraction of sp³-hybridized carbons (Fsp3) is 0.333. The minimum atomic E-state index is -0.169. The lowest BCUT2D eigenvalue weighted by atomic mass is 10.2. The summed E-state index contributed by atoms with van der Waals surface area (Å²) in [5.74, 6) is 0.603. The molecule has 7 heteroatoms. The number of carbonyl (C=O) groups is 2. The highest BCUT2D eigenvalue weighted by molar-refractivity contribution is 6.30. The number of carbonyl (C=O) groups excluding carboxylic acids is 2. The van der Waals surface area contributed by atoms with Gasteiger partial charge in [0.15, 0.2) is 0 Å². The van der Waals surface area contributed by atoms with Crippen LogP contribution in [0.15, 0.2) is 48.5 Å². The van der Waals surface area contributed by atoms with E-state index in [9.17, 15) is 9.59 Å². The molecule has 2 aromatic carbocycles. The number of hydrogen-bond acceptors (Lipinski definition) is 3. The van der Waals surface area contributed by atoms with Crippen molar-refractivity contribution in [1.29, 1.82) is 0 Å². The van der Waals surface area contributed by atoms with E-state index >= 15 is 0 Å². The average molecular weight is 423 g/mol. The van der Waals surface area contributed by atoms with Crippen molar-refractivity contribution in [2.24, 2.45) is 0 Å². The molecular formula is C21H24Cl2N2O3. The Hall–Kier alpha value is -2.24. The Morgan fingerprint density at radius 1 is 0.786 bits per heavy atom. The Kier molecular flexibility index (Phi) is 9.66. The van der Waals surface area contributed by atoms with Crippen LogP contribution in [0.25, 0.3) is 0 Å². The molecule has 0 saturated carbocycles. The molecule has 0 aliphatic carbocycles. The van der Waals surface area contributed by atoms with Crippen molar-refractivity contribution in [3.05, 3.63) is 64.1 Å². The summed E-state index contributed by atoms with van der Waals surface area (Å²) in [5, 5.41) is 6.93. The molecule has 0 heterocycles. The minimum absolute atomic E-state index is 0.0145. The third kappa shape index (κ3) is 8.63. The molecule has 0 spiro atoms. The number of benzene rings is 2. The van der Waals surface area contributed by atoms with Crippen LogP contribution in [0, 0.1) is 0 Å². The van der Waals surface area contributed by atoms with E-state index < -0.39 is 0 Å². The van der Waals surface area contributed by atoms with Crippen LogP contribution in [0.3, 0.4) is 0 Å². The van der Waals surface area contributed by atoms with Gasteiger partial charge in [0, 0.05) is 35.1 Å². The fourth-order valence-corrected chi connectivity index (χ4v) is 2.67. The van der Waals surface area contributed by atoms with Crippen molar-refractivity contribution in [2.45, 2.75) is 25.7 Å². The highest BCUT2D eigenvalue weighted by Crippen LogP contribution is 2.15. The Morgan fingerprint density at radius 2 is 1.39 bits per heavy atom. The van der Waals surface area contributed by atoms with Gasteiger partial charge < -0.3 is 15.4 Å². The third-order valence-corrected chi connectivity index (χ3v) is 4.45. The number of rotatable bonds is 11. The molecule has 0 saturated heterocycles. The van der Waals surface area contributed by atoms with Gasteiger partial charge in [-0.3, -0.25) is 9.59 Å². The Balaban J connectivity index is 1.47. The fourth-order valence-electron chi connectivity index (χ4n) is 2.42. The van der Waals surface area contributed by atoms with Crippen molar-refractivity contribution < 1.29 is 14.3 Å². The van der Waals surface area contributed by atoms with Crippen molar-refractivity contribution >= 4 is 35.0 Å². The Labute approximate surface area is 175 Å². The van der Waals surface area contributed by atoms with Crippen molar-refractivity contribution in [3.8, 4) is 5.75 Å². The standard InChI is InChI=1S/C21H24Cl2N2O3/c22-17-7-5-16(6-8-17)21(27)25-14-3-4-20(26)24-13-1-2-15-28-19-11-9-18(23)10-12-19/h5-12H,1-4,13-15H2,(H,24,26)(H,25,27). The molecule has 2 rings (SSSR count). The third-order valence-electron chi connectivity index (χ3n) is 3.95. The van der Waals surface area contributed by atoms with Gasteiger partial charge in [0.05, 0.1) is 6.61 Å². The molecule has 0 aliphatic heterocycles. The second-order valence-corrected chi connectivity index (χ2v) is 7.10. The molecule has 0 aromatic heterocycles. The molecule has 0 aliphatic rings. The molecule has 0 radical (unpaired) electrons. The monoisotopic (exact) mass is 422 g/mol. The van der Waals surface area contributed by atoms with E-state index in [1.807, 2.05) is 12.1 Å². The normalized spacial score (nSPS) is 10.4. The predicted molar refractivity (Wildman–Crippen MR) is 112 cm³/mol. The maximum absolute atomic E-state index is 11.9. The van der Waals surface area contributed by atoms with Gasteiger partial charge in [-0.15, -0.1) is 0 Å². The summed E-state index contributed by atoms with van der Waals surface area (Å²) < 4.78 is 5.59. The lowest BCUT2D eigenvalue weighted by molar-refractivity contribution is -0.121. The maximum Gasteiger partial charge on any atom is 0.251 e. The van der Waals surface area contributed by atoms with Gasteiger partial charge >= 0.3 is 0 Å². The highest BCUT2D eigenvalue weighted by atomic mass is 35.5. The molecule has 0 unspecified atom stereocenters. The number of amides is 2. The number of halogens is 2. The van der Waals surface area contributed by atoms with Gasteiger partial charge in [0.1, 0.15) is 5.75 Å². The molecule has 5 nitrogen and oxygen atoms in total. The maximum atomic E-state index is 11.9. The first-order valence-electron chi connectivity index (χ1n) is 9.23. The summed E-state index contributed by atoms with van der Waals surface area (Å²) in [6.07, 6.45) is 2.65. The summed E-state index contributed by atoms with van der Waals surface area (Å²) in [5.41, 5.74) is 0.551. The lowest BCUT2D eigenvalue weighted by Gasteiger charge is -2.08. The van der Waals surface area contributed by atoms with Crippen LogP contribution < -0.4 is 15.4 Å². The van der Waals surface area contributed by atoms with E-state index in [0.717, 1.165) is 18.6 Å². The molecular weight excluding hydrogens is 399 g/mol. The van der Waals surface area contributed by atoms with E-state index in [2.05, 4.69) is 10.6 Å². The van der Waals surface area contributed by atoms with Crippen LogP contribution in [-0.4, -0.2) is 31.5 Å².